The second kappa shape index (κ2) is 7.98. The molecule has 0 aliphatic carbocycles. The zero-order valence-corrected chi connectivity index (χ0v) is 13.3. The van der Waals surface area contributed by atoms with E-state index in [2.05, 4.69) is 0 Å². The number of hydrogen-bond donors (Lipinski definition) is 0. The highest BCUT2D eigenvalue weighted by Gasteiger charge is 2.40. The standard InChI is InChI=1S/C16H18O8/c1-9(17)21-7-11-3-5-13(19)15(23-11)16-14(20)6-4-12(24-16)8-22-10(2)18/h3-6,11-12,15-16H,7-8H2,1-2H3/t11-,12+,15-,16-/m0/s1. The molecule has 0 bridgehead atoms. The van der Waals surface area contributed by atoms with Gasteiger partial charge in [-0.25, -0.2) is 0 Å². The van der Waals surface area contributed by atoms with E-state index >= 15 is 0 Å². The Morgan fingerprint density at radius 1 is 0.875 bits per heavy atom. The van der Waals surface area contributed by atoms with Gasteiger partial charge in [0.2, 0.25) is 0 Å². The summed E-state index contributed by atoms with van der Waals surface area (Å²) in [7, 11) is 0. The molecule has 4 atom stereocenters. The minimum Gasteiger partial charge on any atom is -0.463 e. The number of carbonyl (C=O) groups excluding carboxylic acids is 4. The number of hydrogen-bond acceptors (Lipinski definition) is 8. The van der Waals surface area contributed by atoms with Crippen LogP contribution in [0.5, 0.6) is 0 Å². The van der Waals surface area contributed by atoms with E-state index in [-0.39, 0.29) is 13.2 Å². The van der Waals surface area contributed by atoms with Crippen molar-refractivity contribution in [3.8, 4) is 0 Å². The number of ether oxygens (including phenoxy) is 4. The highest BCUT2D eigenvalue weighted by atomic mass is 16.6. The summed E-state index contributed by atoms with van der Waals surface area (Å²) < 4.78 is 20.7. The van der Waals surface area contributed by atoms with Crippen molar-refractivity contribution in [2.45, 2.75) is 38.3 Å². The SMILES string of the molecule is CC(=O)OC[C@H]1C=CC(=O)[C@@H]([C@H]2O[C@H](COC(C)=O)C=CC2=O)O1. The topological polar surface area (TPSA) is 105 Å². The molecule has 0 saturated carbocycles. The Hall–Kier alpha value is -2.32. The van der Waals surface area contributed by atoms with Crippen LogP contribution in [0, 0.1) is 0 Å². The Kier molecular flexibility index (Phi) is 5.99. The lowest BCUT2D eigenvalue weighted by molar-refractivity contribution is -0.169. The van der Waals surface area contributed by atoms with Crippen LogP contribution in [0.15, 0.2) is 24.3 Å². The lowest BCUT2D eigenvalue weighted by Crippen LogP contribution is -2.50. The minimum atomic E-state index is -1.15. The minimum absolute atomic E-state index is 0.0662. The Morgan fingerprint density at radius 3 is 1.58 bits per heavy atom. The quantitative estimate of drug-likeness (QED) is 0.640. The predicted octanol–water partition coefficient (Wildman–Crippen LogP) is -0.102. The summed E-state index contributed by atoms with van der Waals surface area (Å²) in [6, 6.07) is 0. The molecule has 24 heavy (non-hydrogen) atoms. The number of rotatable bonds is 5. The molecule has 0 N–H and O–H groups in total. The zero-order valence-electron chi connectivity index (χ0n) is 13.3. The Balaban J connectivity index is 2.02. The van der Waals surface area contributed by atoms with Crippen molar-refractivity contribution >= 4 is 23.5 Å². The molecule has 0 saturated heterocycles. The van der Waals surface area contributed by atoms with E-state index in [1.807, 2.05) is 0 Å². The summed E-state index contributed by atoms with van der Waals surface area (Å²) in [6.07, 6.45) is 1.89. The lowest BCUT2D eigenvalue weighted by Gasteiger charge is -2.32. The van der Waals surface area contributed by atoms with Gasteiger partial charge in [-0.05, 0) is 24.3 Å². The summed E-state index contributed by atoms with van der Waals surface area (Å²) in [5, 5.41) is 0. The van der Waals surface area contributed by atoms with Crippen LogP contribution >= 0.6 is 0 Å². The molecule has 2 aliphatic rings. The van der Waals surface area contributed by atoms with Crippen LogP contribution in [0.3, 0.4) is 0 Å². The van der Waals surface area contributed by atoms with Gasteiger partial charge in [-0.15, -0.1) is 0 Å². The number of esters is 2. The first kappa shape index (κ1) is 18.0. The molecule has 8 nitrogen and oxygen atoms in total. The van der Waals surface area contributed by atoms with E-state index in [1.54, 1.807) is 0 Å². The van der Waals surface area contributed by atoms with Gasteiger partial charge in [0.15, 0.2) is 23.8 Å². The molecular formula is C16H18O8. The van der Waals surface area contributed by atoms with Gasteiger partial charge in [0, 0.05) is 13.8 Å². The first-order valence-corrected chi connectivity index (χ1v) is 7.38. The molecule has 0 amide bonds. The summed E-state index contributed by atoms with van der Waals surface area (Å²) >= 11 is 0. The lowest BCUT2D eigenvalue weighted by atomic mass is 9.99. The maximum absolute atomic E-state index is 12.0. The fourth-order valence-electron chi connectivity index (χ4n) is 2.23. The zero-order chi connectivity index (χ0) is 17.7. The summed E-state index contributed by atoms with van der Waals surface area (Å²) in [5.41, 5.74) is 0. The van der Waals surface area contributed by atoms with Gasteiger partial charge in [0.25, 0.3) is 0 Å². The predicted molar refractivity (Wildman–Crippen MR) is 78.9 cm³/mol. The molecule has 0 radical (unpaired) electrons. The molecule has 0 spiro atoms. The van der Waals surface area contributed by atoms with Gasteiger partial charge in [0.1, 0.15) is 25.4 Å². The number of ketones is 2. The molecule has 2 rings (SSSR count). The third-order valence-corrected chi connectivity index (χ3v) is 3.33. The van der Waals surface area contributed by atoms with Gasteiger partial charge in [0.05, 0.1) is 0 Å². The van der Waals surface area contributed by atoms with Gasteiger partial charge in [-0.1, -0.05) is 0 Å². The van der Waals surface area contributed by atoms with Gasteiger partial charge in [-0.2, -0.15) is 0 Å². The fourth-order valence-corrected chi connectivity index (χ4v) is 2.23. The van der Waals surface area contributed by atoms with Gasteiger partial charge < -0.3 is 18.9 Å². The van der Waals surface area contributed by atoms with Crippen molar-refractivity contribution in [1.29, 1.82) is 0 Å². The van der Waals surface area contributed by atoms with Crippen LogP contribution in [0.2, 0.25) is 0 Å². The molecule has 0 fully saturated rings. The van der Waals surface area contributed by atoms with Crippen molar-refractivity contribution < 1.29 is 38.1 Å². The molecular weight excluding hydrogens is 320 g/mol. The molecule has 2 heterocycles. The molecule has 0 unspecified atom stereocenters. The largest absolute Gasteiger partial charge is 0.463 e. The monoisotopic (exact) mass is 338 g/mol. The maximum Gasteiger partial charge on any atom is 0.302 e. The van der Waals surface area contributed by atoms with E-state index in [0.717, 1.165) is 0 Å². The van der Waals surface area contributed by atoms with Gasteiger partial charge >= 0.3 is 11.9 Å². The van der Waals surface area contributed by atoms with Gasteiger partial charge in [-0.3, -0.25) is 19.2 Å². The van der Waals surface area contributed by atoms with Crippen LogP contribution in [0.25, 0.3) is 0 Å². The second-order valence-corrected chi connectivity index (χ2v) is 5.32. The number of carbonyl (C=O) groups is 4. The van der Waals surface area contributed by atoms with E-state index < -0.39 is 47.9 Å². The third-order valence-electron chi connectivity index (χ3n) is 3.33. The smallest absolute Gasteiger partial charge is 0.302 e. The fraction of sp³-hybridized carbons (Fsp3) is 0.500. The van der Waals surface area contributed by atoms with E-state index in [0.29, 0.717) is 0 Å². The van der Waals surface area contributed by atoms with Crippen LogP contribution in [-0.4, -0.2) is 61.1 Å². The highest BCUT2D eigenvalue weighted by molar-refractivity contribution is 6.03. The molecule has 2 aliphatic heterocycles. The van der Waals surface area contributed by atoms with Crippen molar-refractivity contribution in [3.05, 3.63) is 24.3 Å². The Bertz CT molecular complexity index is 539. The van der Waals surface area contributed by atoms with E-state index in [4.69, 9.17) is 18.9 Å². The highest BCUT2D eigenvalue weighted by Crippen LogP contribution is 2.21. The molecule has 130 valence electrons. The Labute approximate surface area is 138 Å². The molecule has 0 aromatic heterocycles. The normalized spacial score (nSPS) is 29.4. The maximum atomic E-state index is 12.0. The van der Waals surface area contributed by atoms with Crippen molar-refractivity contribution in [2.75, 3.05) is 13.2 Å². The van der Waals surface area contributed by atoms with Crippen LogP contribution in [-0.2, 0) is 38.1 Å². The third kappa shape index (κ3) is 4.84. The van der Waals surface area contributed by atoms with Crippen molar-refractivity contribution in [2.24, 2.45) is 0 Å². The van der Waals surface area contributed by atoms with Crippen molar-refractivity contribution in [3.63, 3.8) is 0 Å². The van der Waals surface area contributed by atoms with Crippen LogP contribution < -0.4 is 0 Å². The van der Waals surface area contributed by atoms with E-state index in [9.17, 15) is 19.2 Å². The first-order valence-electron chi connectivity index (χ1n) is 7.38. The summed E-state index contributed by atoms with van der Waals surface area (Å²) in [4.78, 5) is 45.8. The molecule has 0 aromatic carbocycles. The average molecular weight is 338 g/mol. The first-order chi connectivity index (χ1) is 11.4. The molecule has 8 heteroatoms. The van der Waals surface area contributed by atoms with E-state index in [1.165, 1.54) is 38.2 Å². The average Bonchev–Trinajstić information content (AvgIpc) is 2.53. The Morgan fingerprint density at radius 2 is 1.25 bits per heavy atom. The van der Waals surface area contributed by atoms with Crippen molar-refractivity contribution in [1.82, 2.24) is 0 Å². The molecule has 0 aromatic rings. The summed E-state index contributed by atoms with van der Waals surface area (Å²) in [5.74, 6) is -1.80. The van der Waals surface area contributed by atoms with Crippen LogP contribution in [0.1, 0.15) is 13.8 Å². The summed E-state index contributed by atoms with van der Waals surface area (Å²) in [6.45, 7) is 2.38. The second-order valence-electron chi connectivity index (χ2n) is 5.32. The van der Waals surface area contributed by atoms with Crippen LogP contribution in [0.4, 0.5) is 0 Å².